The van der Waals surface area contributed by atoms with Gasteiger partial charge >= 0.3 is 0 Å². The van der Waals surface area contributed by atoms with Crippen LogP contribution in [0.4, 0.5) is 29.2 Å². The van der Waals surface area contributed by atoms with Gasteiger partial charge in [-0.1, -0.05) is 40.2 Å². The molecule has 1 aliphatic heterocycles. The van der Waals surface area contributed by atoms with Crippen molar-refractivity contribution in [3.05, 3.63) is 68.7 Å². The Morgan fingerprint density at radius 3 is 2.66 bits per heavy atom. The Hall–Kier alpha value is -3.64. The molecular weight excluding hydrogens is 480 g/mol. The maximum absolute atomic E-state index is 11.1. The van der Waals surface area contributed by atoms with Gasteiger partial charge in [0.1, 0.15) is 0 Å². The Labute approximate surface area is 191 Å². The Morgan fingerprint density at radius 1 is 1.09 bits per heavy atom. The molecule has 0 atom stereocenters. The Morgan fingerprint density at radius 2 is 1.88 bits per heavy atom. The number of nitrogens with one attached hydrogen (secondary N) is 2. The van der Waals surface area contributed by atoms with Gasteiger partial charge in [-0.15, -0.1) is 0 Å². The van der Waals surface area contributed by atoms with E-state index < -0.39 is 4.92 Å². The number of nitro benzene ring substituents is 1. The lowest BCUT2D eigenvalue weighted by Gasteiger charge is -2.27. The highest BCUT2D eigenvalue weighted by atomic mass is 79.9. The van der Waals surface area contributed by atoms with Gasteiger partial charge in [-0.05, 0) is 12.1 Å². The highest BCUT2D eigenvalue weighted by Crippen LogP contribution is 2.22. The van der Waals surface area contributed by atoms with E-state index in [-0.39, 0.29) is 17.6 Å². The smallest absolute Gasteiger partial charge is 0.271 e. The SMILES string of the molecule is O=[N+]([O-])c1cccc(Nc2nc(NN=Cc3ccccc3Br)nc(N3CCOCC3)n2)c1. The van der Waals surface area contributed by atoms with Gasteiger partial charge in [0.05, 0.1) is 24.4 Å². The van der Waals surface area contributed by atoms with Crippen LogP contribution >= 0.6 is 15.9 Å². The van der Waals surface area contributed by atoms with Crippen LogP contribution in [0.25, 0.3) is 0 Å². The van der Waals surface area contributed by atoms with E-state index in [0.717, 1.165) is 10.0 Å². The van der Waals surface area contributed by atoms with Crippen molar-refractivity contribution in [2.45, 2.75) is 0 Å². The number of hydrazone groups is 1. The zero-order chi connectivity index (χ0) is 22.3. The summed E-state index contributed by atoms with van der Waals surface area (Å²) >= 11 is 3.47. The van der Waals surface area contributed by atoms with Gasteiger partial charge in [-0.2, -0.15) is 20.1 Å². The summed E-state index contributed by atoms with van der Waals surface area (Å²) < 4.78 is 6.31. The zero-order valence-electron chi connectivity index (χ0n) is 16.8. The lowest BCUT2D eigenvalue weighted by atomic mass is 10.2. The van der Waals surface area contributed by atoms with E-state index >= 15 is 0 Å². The second kappa shape index (κ2) is 10.1. The molecule has 4 rings (SSSR count). The molecule has 0 spiro atoms. The van der Waals surface area contributed by atoms with E-state index in [1.54, 1.807) is 18.3 Å². The number of hydrogen-bond acceptors (Lipinski definition) is 10. The second-order valence-electron chi connectivity index (χ2n) is 6.71. The molecule has 0 saturated carbocycles. The zero-order valence-corrected chi connectivity index (χ0v) is 18.4. The van der Waals surface area contributed by atoms with Gasteiger partial charge in [0, 0.05) is 40.9 Å². The minimum absolute atomic E-state index is 0.0335. The molecule has 3 aromatic rings. The molecule has 2 N–H and O–H groups in total. The molecular formula is C20H19BrN8O3. The number of hydrogen-bond donors (Lipinski definition) is 2. The molecule has 0 bridgehead atoms. The lowest BCUT2D eigenvalue weighted by molar-refractivity contribution is -0.384. The quantitative estimate of drug-likeness (QED) is 0.285. The van der Waals surface area contributed by atoms with Crippen molar-refractivity contribution < 1.29 is 9.66 Å². The van der Waals surface area contributed by atoms with E-state index in [1.165, 1.54) is 12.1 Å². The van der Waals surface area contributed by atoms with Crippen molar-refractivity contribution in [2.24, 2.45) is 5.10 Å². The molecule has 1 fully saturated rings. The number of morpholine rings is 1. The van der Waals surface area contributed by atoms with Crippen LogP contribution in [0.2, 0.25) is 0 Å². The molecule has 11 nitrogen and oxygen atoms in total. The summed E-state index contributed by atoms with van der Waals surface area (Å²) in [5.41, 5.74) is 4.18. The average Bonchev–Trinajstić information content (AvgIpc) is 2.81. The standard InChI is InChI=1S/C20H19BrN8O3/c21-17-7-2-1-4-14(17)13-22-27-19-24-18(23-15-5-3-6-16(12-15)29(30)31)25-20(26-19)28-8-10-32-11-9-28/h1-7,12-13H,8-11H2,(H2,23,24,25,26,27). The van der Waals surface area contributed by atoms with Gasteiger partial charge in [0.15, 0.2) is 0 Å². The third-order valence-corrected chi connectivity index (χ3v) is 5.23. The Bertz CT molecular complexity index is 1140. The van der Waals surface area contributed by atoms with E-state index in [2.05, 4.69) is 46.7 Å². The van der Waals surface area contributed by atoms with Crippen LogP contribution in [0.3, 0.4) is 0 Å². The minimum Gasteiger partial charge on any atom is -0.378 e. The van der Waals surface area contributed by atoms with Crippen LogP contribution in [0.1, 0.15) is 5.56 Å². The number of anilines is 4. The maximum Gasteiger partial charge on any atom is 0.271 e. The first-order valence-corrected chi connectivity index (χ1v) is 10.5. The fraction of sp³-hybridized carbons (Fsp3) is 0.200. The van der Waals surface area contributed by atoms with E-state index in [9.17, 15) is 10.1 Å². The fourth-order valence-electron chi connectivity index (χ4n) is 2.94. The predicted octanol–water partition coefficient (Wildman–Crippen LogP) is 3.57. The summed E-state index contributed by atoms with van der Waals surface area (Å²) in [4.78, 5) is 25.9. The first kappa shape index (κ1) is 21.6. The summed E-state index contributed by atoms with van der Waals surface area (Å²) in [7, 11) is 0. The van der Waals surface area contributed by atoms with Crippen molar-refractivity contribution in [1.82, 2.24) is 15.0 Å². The monoisotopic (exact) mass is 498 g/mol. The van der Waals surface area contributed by atoms with E-state index in [1.807, 2.05) is 29.2 Å². The third-order valence-electron chi connectivity index (χ3n) is 4.50. The molecule has 0 radical (unpaired) electrons. The van der Waals surface area contributed by atoms with Crippen LogP contribution < -0.4 is 15.6 Å². The first-order chi connectivity index (χ1) is 15.6. The third kappa shape index (κ3) is 5.53. The van der Waals surface area contributed by atoms with Crippen molar-refractivity contribution in [2.75, 3.05) is 41.9 Å². The van der Waals surface area contributed by atoms with Crippen LogP contribution in [0, 0.1) is 10.1 Å². The molecule has 164 valence electrons. The summed E-state index contributed by atoms with van der Waals surface area (Å²) in [6, 6.07) is 13.8. The largest absolute Gasteiger partial charge is 0.378 e. The number of non-ortho nitro benzene ring substituents is 1. The number of nitrogens with zero attached hydrogens (tertiary/aromatic N) is 6. The van der Waals surface area contributed by atoms with Crippen molar-refractivity contribution >= 4 is 51.4 Å². The highest BCUT2D eigenvalue weighted by Gasteiger charge is 2.17. The van der Waals surface area contributed by atoms with Crippen LogP contribution in [0.15, 0.2) is 58.1 Å². The molecule has 1 aromatic heterocycles. The normalized spacial score (nSPS) is 13.8. The van der Waals surface area contributed by atoms with Crippen LogP contribution in [-0.2, 0) is 4.74 Å². The number of aromatic nitrogens is 3. The molecule has 1 aliphatic rings. The Kier molecular flexibility index (Phi) is 6.82. The van der Waals surface area contributed by atoms with Gasteiger partial charge in [-0.25, -0.2) is 5.43 Å². The van der Waals surface area contributed by atoms with Crippen LogP contribution in [-0.4, -0.2) is 52.4 Å². The molecule has 1 saturated heterocycles. The summed E-state index contributed by atoms with van der Waals surface area (Å²) in [5.74, 6) is 0.924. The van der Waals surface area contributed by atoms with E-state index in [4.69, 9.17) is 4.74 Å². The molecule has 0 amide bonds. The molecule has 32 heavy (non-hydrogen) atoms. The van der Waals surface area contributed by atoms with E-state index in [0.29, 0.717) is 37.9 Å². The van der Waals surface area contributed by atoms with Gasteiger partial charge in [-0.3, -0.25) is 10.1 Å². The number of rotatable bonds is 7. The number of ether oxygens (including phenoxy) is 1. The molecule has 2 heterocycles. The molecule has 0 aliphatic carbocycles. The number of halogens is 1. The topological polar surface area (TPSA) is 131 Å². The molecule has 12 heteroatoms. The highest BCUT2D eigenvalue weighted by molar-refractivity contribution is 9.10. The maximum atomic E-state index is 11.1. The summed E-state index contributed by atoms with van der Waals surface area (Å²) in [5, 5.41) is 18.3. The van der Waals surface area contributed by atoms with Crippen molar-refractivity contribution in [3.8, 4) is 0 Å². The van der Waals surface area contributed by atoms with Crippen LogP contribution in [0.5, 0.6) is 0 Å². The average molecular weight is 499 g/mol. The van der Waals surface area contributed by atoms with Gasteiger partial charge in [0.25, 0.3) is 5.69 Å². The number of benzene rings is 2. The molecule has 0 unspecified atom stereocenters. The second-order valence-corrected chi connectivity index (χ2v) is 7.56. The summed E-state index contributed by atoms with van der Waals surface area (Å²) in [6.07, 6.45) is 1.65. The fourth-order valence-corrected chi connectivity index (χ4v) is 3.33. The van der Waals surface area contributed by atoms with Crippen molar-refractivity contribution in [1.29, 1.82) is 0 Å². The summed E-state index contributed by atoms with van der Waals surface area (Å²) in [6.45, 7) is 2.42. The van der Waals surface area contributed by atoms with Crippen molar-refractivity contribution in [3.63, 3.8) is 0 Å². The van der Waals surface area contributed by atoms with Gasteiger partial charge in [0.2, 0.25) is 17.8 Å². The number of nitro groups is 1. The molecule has 2 aromatic carbocycles. The predicted molar refractivity (Wildman–Crippen MR) is 125 cm³/mol. The Balaban J connectivity index is 1.59. The lowest BCUT2D eigenvalue weighted by Crippen LogP contribution is -2.37. The van der Waals surface area contributed by atoms with Gasteiger partial charge < -0.3 is 15.0 Å². The first-order valence-electron chi connectivity index (χ1n) is 9.72. The minimum atomic E-state index is -0.457.